The fraction of sp³-hybridized carbons (Fsp3) is 0.471. The molecule has 0 aromatic heterocycles. The molecule has 1 aliphatic rings. The van der Waals surface area contributed by atoms with Crippen LogP contribution in [0, 0.1) is 0 Å². The average Bonchev–Trinajstić information content (AvgIpc) is 2.80. The molecule has 114 valence electrons. The largest absolute Gasteiger partial charge is 0.494 e. The molecule has 1 aliphatic heterocycles. The molecule has 1 aromatic rings. The third-order valence-corrected chi connectivity index (χ3v) is 3.64. The van der Waals surface area contributed by atoms with Crippen LogP contribution >= 0.6 is 0 Å². The first-order valence-corrected chi connectivity index (χ1v) is 7.31. The molecular weight excluding hydrogens is 266 g/mol. The normalized spacial score (nSPS) is 17.6. The summed E-state index contributed by atoms with van der Waals surface area (Å²) in [5.41, 5.74) is 3.06. The lowest BCUT2D eigenvalue weighted by Crippen LogP contribution is -2.13. The highest BCUT2D eigenvalue weighted by Gasteiger charge is 2.28. The molecule has 1 heterocycles. The van der Waals surface area contributed by atoms with Crippen molar-refractivity contribution in [3.63, 3.8) is 0 Å². The van der Waals surface area contributed by atoms with Crippen molar-refractivity contribution in [2.75, 3.05) is 25.6 Å². The van der Waals surface area contributed by atoms with Crippen molar-refractivity contribution in [1.82, 2.24) is 0 Å². The van der Waals surface area contributed by atoms with E-state index in [1.165, 1.54) is 11.3 Å². The quantitative estimate of drug-likeness (QED) is 0.781. The maximum absolute atomic E-state index is 11.8. The molecular formula is C17H23NO3. The maximum atomic E-state index is 11.8. The van der Waals surface area contributed by atoms with Crippen LogP contribution in [-0.4, -0.2) is 32.8 Å². The van der Waals surface area contributed by atoms with E-state index in [-0.39, 0.29) is 12.1 Å². The van der Waals surface area contributed by atoms with Gasteiger partial charge in [0, 0.05) is 32.6 Å². The second-order valence-corrected chi connectivity index (χ2v) is 5.46. The van der Waals surface area contributed by atoms with Crippen molar-refractivity contribution in [3.8, 4) is 0 Å². The molecule has 21 heavy (non-hydrogen) atoms. The van der Waals surface area contributed by atoms with Gasteiger partial charge in [0.05, 0.1) is 12.2 Å². The van der Waals surface area contributed by atoms with Gasteiger partial charge in [-0.25, -0.2) is 4.79 Å². The Labute approximate surface area is 126 Å². The Balaban J connectivity index is 1.96. The van der Waals surface area contributed by atoms with Crippen LogP contribution in [0.25, 0.3) is 0 Å². The summed E-state index contributed by atoms with van der Waals surface area (Å²) in [7, 11) is 4.04. The fourth-order valence-corrected chi connectivity index (χ4v) is 2.49. The topological polar surface area (TPSA) is 38.8 Å². The number of hydrogen-bond donors (Lipinski definition) is 0. The van der Waals surface area contributed by atoms with E-state index in [1.54, 1.807) is 0 Å². The van der Waals surface area contributed by atoms with Gasteiger partial charge >= 0.3 is 5.97 Å². The van der Waals surface area contributed by atoms with E-state index in [4.69, 9.17) is 9.47 Å². The van der Waals surface area contributed by atoms with Crippen LogP contribution in [0.15, 0.2) is 35.6 Å². The minimum Gasteiger partial charge on any atom is -0.494 e. The Morgan fingerprint density at radius 3 is 2.57 bits per heavy atom. The summed E-state index contributed by atoms with van der Waals surface area (Å²) < 4.78 is 10.8. The number of nitrogens with zero attached hydrogens (tertiary/aromatic N) is 1. The first-order chi connectivity index (χ1) is 10.0. The molecule has 4 nitrogen and oxygen atoms in total. The molecule has 0 radical (unpaired) electrons. The molecule has 0 fully saturated rings. The monoisotopic (exact) mass is 289 g/mol. The van der Waals surface area contributed by atoms with Crippen molar-refractivity contribution in [2.45, 2.75) is 32.8 Å². The Bertz CT molecular complexity index is 531. The van der Waals surface area contributed by atoms with Gasteiger partial charge in [-0.05, 0) is 31.5 Å². The lowest BCUT2D eigenvalue weighted by Gasteiger charge is -2.15. The van der Waals surface area contributed by atoms with Crippen LogP contribution in [0.4, 0.5) is 5.69 Å². The van der Waals surface area contributed by atoms with Crippen LogP contribution in [0.5, 0.6) is 0 Å². The molecule has 0 aliphatic carbocycles. The zero-order chi connectivity index (χ0) is 15.4. The van der Waals surface area contributed by atoms with Crippen LogP contribution in [0.1, 0.15) is 25.8 Å². The van der Waals surface area contributed by atoms with Crippen molar-refractivity contribution >= 4 is 11.7 Å². The van der Waals surface area contributed by atoms with Gasteiger partial charge in [0.1, 0.15) is 11.9 Å². The minimum atomic E-state index is -0.250. The van der Waals surface area contributed by atoms with Gasteiger partial charge in [0.2, 0.25) is 0 Å². The van der Waals surface area contributed by atoms with Gasteiger partial charge in [-0.1, -0.05) is 12.1 Å². The Morgan fingerprint density at radius 2 is 2.00 bits per heavy atom. The zero-order valence-electron chi connectivity index (χ0n) is 13.2. The van der Waals surface area contributed by atoms with Gasteiger partial charge in [0.25, 0.3) is 0 Å². The molecule has 0 saturated carbocycles. The lowest BCUT2D eigenvalue weighted by molar-refractivity contribution is -0.138. The van der Waals surface area contributed by atoms with E-state index in [9.17, 15) is 4.79 Å². The number of allylic oxidation sites excluding steroid dienone is 1. The number of esters is 1. The summed E-state index contributed by atoms with van der Waals surface area (Å²) in [5, 5.41) is 0. The number of carbonyl (C=O) groups is 1. The zero-order valence-corrected chi connectivity index (χ0v) is 13.2. The number of benzene rings is 1. The highest BCUT2D eigenvalue weighted by Crippen LogP contribution is 2.28. The first-order valence-electron chi connectivity index (χ1n) is 7.31. The Kier molecular flexibility index (Phi) is 4.89. The van der Waals surface area contributed by atoms with Crippen LogP contribution < -0.4 is 4.90 Å². The van der Waals surface area contributed by atoms with E-state index in [0.29, 0.717) is 24.4 Å². The van der Waals surface area contributed by atoms with E-state index >= 15 is 0 Å². The van der Waals surface area contributed by atoms with Gasteiger partial charge in [-0.3, -0.25) is 0 Å². The van der Waals surface area contributed by atoms with Crippen LogP contribution in [0.2, 0.25) is 0 Å². The van der Waals surface area contributed by atoms with Crippen molar-refractivity contribution in [2.24, 2.45) is 0 Å². The SMILES string of the molecule is CCOC(=O)C1=C(C)OC(Cc2ccc(N(C)C)cc2)C1. The molecule has 0 saturated heterocycles. The maximum Gasteiger partial charge on any atom is 0.337 e. The molecule has 1 unspecified atom stereocenters. The van der Waals surface area contributed by atoms with E-state index in [2.05, 4.69) is 29.2 Å². The molecule has 0 amide bonds. The molecule has 4 heteroatoms. The van der Waals surface area contributed by atoms with Crippen LogP contribution in [-0.2, 0) is 20.7 Å². The lowest BCUT2D eigenvalue weighted by atomic mass is 10.0. The van der Waals surface area contributed by atoms with E-state index in [0.717, 1.165) is 6.42 Å². The summed E-state index contributed by atoms with van der Waals surface area (Å²) in [6.45, 7) is 4.04. The van der Waals surface area contributed by atoms with E-state index < -0.39 is 0 Å². The summed E-state index contributed by atoms with van der Waals surface area (Å²) >= 11 is 0. The summed E-state index contributed by atoms with van der Waals surface area (Å²) in [5.74, 6) is 0.448. The smallest absolute Gasteiger partial charge is 0.337 e. The predicted octanol–water partition coefficient (Wildman–Crippen LogP) is 2.92. The molecule has 2 rings (SSSR count). The Hall–Kier alpha value is -1.97. The summed E-state index contributed by atoms with van der Waals surface area (Å²) in [6.07, 6.45) is 1.45. The molecule has 0 N–H and O–H groups in total. The second-order valence-electron chi connectivity index (χ2n) is 5.46. The molecule has 0 bridgehead atoms. The summed E-state index contributed by atoms with van der Waals surface area (Å²) in [4.78, 5) is 13.9. The highest BCUT2D eigenvalue weighted by atomic mass is 16.5. The molecule has 0 spiro atoms. The van der Waals surface area contributed by atoms with Crippen molar-refractivity contribution < 1.29 is 14.3 Å². The standard InChI is InChI=1S/C17H23NO3/c1-5-20-17(19)16-11-15(21-12(16)2)10-13-6-8-14(9-7-13)18(3)4/h6-9,15H,5,10-11H2,1-4H3. The van der Waals surface area contributed by atoms with Crippen molar-refractivity contribution in [3.05, 3.63) is 41.2 Å². The predicted molar refractivity (Wildman–Crippen MR) is 83.3 cm³/mol. The first kappa shape index (κ1) is 15.4. The van der Waals surface area contributed by atoms with Crippen LogP contribution in [0.3, 0.4) is 0 Å². The fourth-order valence-electron chi connectivity index (χ4n) is 2.49. The second kappa shape index (κ2) is 6.66. The van der Waals surface area contributed by atoms with Gasteiger partial charge in [-0.2, -0.15) is 0 Å². The van der Waals surface area contributed by atoms with Crippen molar-refractivity contribution in [1.29, 1.82) is 0 Å². The van der Waals surface area contributed by atoms with Gasteiger partial charge in [-0.15, -0.1) is 0 Å². The third-order valence-electron chi connectivity index (χ3n) is 3.64. The number of ether oxygens (including phenoxy) is 2. The third kappa shape index (κ3) is 3.78. The number of hydrogen-bond acceptors (Lipinski definition) is 4. The summed E-state index contributed by atoms with van der Waals surface area (Å²) in [6, 6.07) is 8.40. The molecule has 1 atom stereocenters. The minimum absolute atomic E-state index is 0.0228. The number of carbonyl (C=O) groups excluding carboxylic acids is 1. The Morgan fingerprint density at radius 1 is 1.33 bits per heavy atom. The van der Waals surface area contributed by atoms with E-state index in [1.807, 2.05) is 27.9 Å². The van der Waals surface area contributed by atoms with Gasteiger partial charge in [0.15, 0.2) is 0 Å². The number of anilines is 1. The molecule has 1 aromatic carbocycles. The van der Waals surface area contributed by atoms with Gasteiger partial charge < -0.3 is 14.4 Å². The highest BCUT2D eigenvalue weighted by molar-refractivity contribution is 5.89. The number of rotatable bonds is 5. The average molecular weight is 289 g/mol.